The van der Waals surface area contributed by atoms with Crippen molar-refractivity contribution in [1.82, 2.24) is 4.31 Å². The molecule has 0 saturated carbocycles. The fraction of sp³-hybridized carbons (Fsp3) is 0.357. The second kappa shape index (κ2) is 5.75. The van der Waals surface area contributed by atoms with Crippen molar-refractivity contribution in [2.24, 2.45) is 0 Å². The number of fused-ring (bicyclic) bond motifs is 1. The van der Waals surface area contributed by atoms with Crippen molar-refractivity contribution < 1.29 is 18.3 Å². The van der Waals surface area contributed by atoms with Crippen LogP contribution in [0, 0.1) is 0 Å². The van der Waals surface area contributed by atoms with Gasteiger partial charge in [0.1, 0.15) is 9.77 Å². The van der Waals surface area contributed by atoms with Crippen molar-refractivity contribution in [3.8, 4) is 0 Å². The summed E-state index contributed by atoms with van der Waals surface area (Å²) in [7, 11) is -2.36. The Morgan fingerprint density at radius 1 is 1.38 bits per heavy atom. The summed E-state index contributed by atoms with van der Waals surface area (Å²) in [6.07, 6.45) is 0.653. The van der Waals surface area contributed by atoms with Gasteiger partial charge in [-0.05, 0) is 19.4 Å². The first kappa shape index (κ1) is 15.9. The lowest BCUT2D eigenvalue weighted by molar-refractivity contribution is 0.0698. The largest absolute Gasteiger partial charge is 0.477 e. The molecule has 7 heteroatoms. The van der Waals surface area contributed by atoms with Gasteiger partial charge in [-0.1, -0.05) is 25.1 Å². The Balaban J connectivity index is 2.75. The first-order valence-electron chi connectivity index (χ1n) is 6.53. The molecular weight excluding hydrogens is 310 g/mol. The van der Waals surface area contributed by atoms with E-state index >= 15 is 0 Å². The Morgan fingerprint density at radius 3 is 2.57 bits per heavy atom. The number of carbonyl (C=O) groups is 1. The highest BCUT2D eigenvalue weighted by Gasteiger charge is 2.32. The second-order valence-electron chi connectivity index (χ2n) is 4.84. The monoisotopic (exact) mass is 327 g/mol. The van der Waals surface area contributed by atoms with Gasteiger partial charge in [-0.15, -0.1) is 11.3 Å². The van der Waals surface area contributed by atoms with Crippen molar-refractivity contribution in [2.75, 3.05) is 7.05 Å². The van der Waals surface area contributed by atoms with Gasteiger partial charge >= 0.3 is 5.97 Å². The Kier molecular flexibility index (Phi) is 4.36. The number of benzene rings is 1. The van der Waals surface area contributed by atoms with E-state index in [9.17, 15) is 18.3 Å². The summed E-state index contributed by atoms with van der Waals surface area (Å²) < 4.78 is 27.5. The molecule has 0 amide bonds. The van der Waals surface area contributed by atoms with E-state index < -0.39 is 16.0 Å². The van der Waals surface area contributed by atoms with Gasteiger partial charge in [0.25, 0.3) is 0 Å². The van der Waals surface area contributed by atoms with E-state index in [4.69, 9.17) is 0 Å². The van der Waals surface area contributed by atoms with Gasteiger partial charge in [-0.3, -0.25) is 0 Å². The summed E-state index contributed by atoms with van der Waals surface area (Å²) in [4.78, 5) is 11.2. The fourth-order valence-corrected chi connectivity index (χ4v) is 5.19. The first-order chi connectivity index (χ1) is 9.80. The molecule has 0 aliphatic carbocycles. The van der Waals surface area contributed by atoms with E-state index in [0.29, 0.717) is 16.5 Å². The SMILES string of the molecule is CCC(C)N(C)S(=O)(=O)c1c(C(=O)O)sc2ccccc12. The fourth-order valence-electron chi connectivity index (χ4n) is 2.06. The highest BCUT2D eigenvalue weighted by molar-refractivity contribution is 7.89. The number of sulfonamides is 1. The number of nitrogens with zero attached hydrogens (tertiary/aromatic N) is 1. The molecule has 114 valence electrons. The molecule has 0 fully saturated rings. The topological polar surface area (TPSA) is 74.7 Å². The van der Waals surface area contributed by atoms with Gasteiger partial charge in [0, 0.05) is 23.2 Å². The molecule has 21 heavy (non-hydrogen) atoms. The Labute approximate surface area is 127 Å². The van der Waals surface area contributed by atoms with Crippen LogP contribution in [0.4, 0.5) is 0 Å². The summed E-state index contributed by atoms with van der Waals surface area (Å²) in [5, 5.41) is 9.80. The van der Waals surface area contributed by atoms with Crippen molar-refractivity contribution >= 4 is 37.4 Å². The van der Waals surface area contributed by atoms with Crippen molar-refractivity contribution in [3.05, 3.63) is 29.1 Å². The third kappa shape index (κ3) is 2.68. The maximum atomic E-state index is 12.8. The van der Waals surface area contributed by atoms with Crippen LogP contribution in [-0.2, 0) is 10.0 Å². The van der Waals surface area contributed by atoms with Gasteiger partial charge in [0.15, 0.2) is 0 Å². The molecule has 5 nitrogen and oxygen atoms in total. The summed E-state index contributed by atoms with van der Waals surface area (Å²) in [5.74, 6) is -1.22. The third-order valence-corrected chi connectivity index (χ3v) is 6.94. The van der Waals surface area contributed by atoms with Crippen LogP contribution in [0.3, 0.4) is 0 Å². The van der Waals surface area contributed by atoms with Crippen LogP contribution >= 0.6 is 11.3 Å². The van der Waals surface area contributed by atoms with E-state index in [1.54, 1.807) is 31.2 Å². The molecule has 1 heterocycles. The van der Waals surface area contributed by atoms with Crippen LogP contribution in [0.25, 0.3) is 10.1 Å². The smallest absolute Gasteiger partial charge is 0.347 e. The van der Waals surface area contributed by atoms with Crippen molar-refractivity contribution in [1.29, 1.82) is 0 Å². The summed E-state index contributed by atoms with van der Waals surface area (Å²) in [6.45, 7) is 3.69. The zero-order valence-corrected chi connectivity index (χ0v) is 13.7. The van der Waals surface area contributed by atoms with Crippen LogP contribution in [-0.4, -0.2) is 36.9 Å². The number of carboxylic acids is 1. The van der Waals surface area contributed by atoms with E-state index in [0.717, 1.165) is 11.3 Å². The van der Waals surface area contributed by atoms with Gasteiger partial charge in [0.2, 0.25) is 10.0 Å². The molecule has 2 aromatic rings. The van der Waals surface area contributed by atoms with E-state index in [1.165, 1.54) is 11.4 Å². The maximum absolute atomic E-state index is 12.8. The molecule has 1 atom stereocenters. The lowest BCUT2D eigenvalue weighted by Crippen LogP contribution is -2.35. The third-order valence-electron chi connectivity index (χ3n) is 3.59. The Hall–Kier alpha value is -1.44. The second-order valence-corrected chi connectivity index (χ2v) is 7.83. The highest BCUT2D eigenvalue weighted by Crippen LogP contribution is 2.36. The molecule has 1 aromatic carbocycles. The van der Waals surface area contributed by atoms with E-state index in [1.807, 2.05) is 6.92 Å². The zero-order valence-electron chi connectivity index (χ0n) is 12.0. The Bertz CT molecular complexity index is 779. The summed E-state index contributed by atoms with van der Waals surface area (Å²) in [5.41, 5.74) is 0. The lowest BCUT2D eigenvalue weighted by atomic mass is 10.2. The van der Waals surface area contributed by atoms with Crippen LogP contribution in [0.1, 0.15) is 29.9 Å². The number of hydrogen-bond acceptors (Lipinski definition) is 4. The summed E-state index contributed by atoms with van der Waals surface area (Å²) >= 11 is 0.990. The molecule has 0 spiro atoms. The Morgan fingerprint density at radius 2 is 2.00 bits per heavy atom. The average molecular weight is 327 g/mol. The predicted octanol–water partition coefficient (Wildman–Crippen LogP) is 3.02. The molecule has 0 aliphatic heterocycles. The predicted molar refractivity (Wildman–Crippen MR) is 83.5 cm³/mol. The molecular formula is C14H17NO4S2. The van der Waals surface area contributed by atoms with Gasteiger partial charge < -0.3 is 5.11 Å². The van der Waals surface area contributed by atoms with E-state index in [-0.39, 0.29) is 15.8 Å². The maximum Gasteiger partial charge on any atom is 0.347 e. The lowest BCUT2D eigenvalue weighted by Gasteiger charge is -2.23. The molecule has 0 aliphatic rings. The zero-order chi connectivity index (χ0) is 15.8. The molecule has 2 rings (SSSR count). The quantitative estimate of drug-likeness (QED) is 0.916. The molecule has 0 bridgehead atoms. The highest BCUT2D eigenvalue weighted by atomic mass is 32.2. The van der Waals surface area contributed by atoms with Gasteiger partial charge in [0.05, 0.1) is 0 Å². The van der Waals surface area contributed by atoms with Crippen molar-refractivity contribution in [3.63, 3.8) is 0 Å². The van der Waals surface area contributed by atoms with Crippen LogP contribution in [0.15, 0.2) is 29.2 Å². The van der Waals surface area contributed by atoms with Crippen molar-refractivity contribution in [2.45, 2.75) is 31.2 Å². The van der Waals surface area contributed by atoms with Crippen LogP contribution in [0.5, 0.6) is 0 Å². The summed E-state index contributed by atoms with van der Waals surface area (Å²) in [6, 6.07) is 6.65. The molecule has 1 aromatic heterocycles. The standard InChI is InChI=1S/C14H17NO4S2/c1-4-9(2)15(3)21(18,19)13-10-7-5-6-8-11(10)20-12(13)14(16)17/h5-9H,4H2,1-3H3,(H,16,17). The minimum Gasteiger partial charge on any atom is -0.477 e. The normalized spacial score (nSPS) is 13.7. The molecule has 0 radical (unpaired) electrons. The minimum atomic E-state index is -3.85. The first-order valence-corrected chi connectivity index (χ1v) is 8.79. The van der Waals surface area contributed by atoms with Crippen LogP contribution in [0.2, 0.25) is 0 Å². The molecule has 1 N–H and O–H groups in total. The van der Waals surface area contributed by atoms with Gasteiger partial charge in [-0.2, -0.15) is 4.31 Å². The molecule has 1 unspecified atom stereocenters. The molecule has 0 saturated heterocycles. The average Bonchev–Trinajstić information content (AvgIpc) is 2.85. The minimum absolute atomic E-state index is 0.0987. The van der Waals surface area contributed by atoms with E-state index in [2.05, 4.69) is 0 Å². The number of carboxylic acid groups (broad SMARTS) is 1. The number of aromatic carboxylic acids is 1. The van der Waals surface area contributed by atoms with Crippen LogP contribution < -0.4 is 0 Å². The number of thiophene rings is 1. The van der Waals surface area contributed by atoms with Gasteiger partial charge in [-0.25, -0.2) is 13.2 Å². The number of rotatable bonds is 5. The number of hydrogen-bond donors (Lipinski definition) is 1.